The lowest BCUT2D eigenvalue weighted by molar-refractivity contribution is -0.144. The first-order chi connectivity index (χ1) is 17.7. The normalized spacial score (nSPS) is 13.2. The van der Waals surface area contributed by atoms with E-state index in [-0.39, 0.29) is 31.2 Å². The molecule has 3 aromatic rings. The molecule has 1 N–H and O–H groups in total. The number of alkyl carbamates (subject to hydrolysis) is 1. The monoisotopic (exact) mass is 499 g/mol. The van der Waals surface area contributed by atoms with Gasteiger partial charge in [0, 0.05) is 12.3 Å². The fourth-order valence-electron chi connectivity index (χ4n) is 4.50. The van der Waals surface area contributed by atoms with Gasteiger partial charge in [0.1, 0.15) is 30.6 Å². The highest BCUT2D eigenvalue weighted by molar-refractivity contribution is 5.82. The Bertz CT molecular complexity index is 1210. The molecule has 4 rings (SSSR count). The SMILES string of the molecule is C=CCOC(=O)[C@H](Cc1ccc(OC(C)(C)C)cc1)NC(=O)OCC1c2ccccc2-c2ccccc21. The van der Waals surface area contributed by atoms with Crippen molar-refractivity contribution < 1.29 is 23.8 Å². The van der Waals surface area contributed by atoms with Crippen LogP contribution in [-0.4, -0.2) is 36.9 Å². The van der Waals surface area contributed by atoms with Gasteiger partial charge in [-0.15, -0.1) is 0 Å². The van der Waals surface area contributed by atoms with Crippen LogP contribution in [-0.2, 0) is 20.7 Å². The van der Waals surface area contributed by atoms with E-state index >= 15 is 0 Å². The van der Waals surface area contributed by atoms with Crippen LogP contribution in [0.4, 0.5) is 4.79 Å². The lowest BCUT2D eigenvalue weighted by Gasteiger charge is -2.22. The molecule has 0 aromatic heterocycles. The summed E-state index contributed by atoms with van der Waals surface area (Å²) in [5, 5.41) is 2.70. The van der Waals surface area contributed by atoms with Crippen LogP contribution in [0.15, 0.2) is 85.5 Å². The fourth-order valence-corrected chi connectivity index (χ4v) is 4.50. The third kappa shape index (κ3) is 6.58. The highest BCUT2D eigenvalue weighted by Crippen LogP contribution is 2.44. The van der Waals surface area contributed by atoms with Crippen LogP contribution in [0, 0.1) is 0 Å². The van der Waals surface area contributed by atoms with E-state index in [1.54, 1.807) is 0 Å². The molecule has 37 heavy (non-hydrogen) atoms. The molecule has 192 valence electrons. The van der Waals surface area contributed by atoms with Crippen LogP contribution in [0.3, 0.4) is 0 Å². The van der Waals surface area contributed by atoms with Gasteiger partial charge in [-0.2, -0.15) is 0 Å². The summed E-state index contributed by atoms with van der Waals surface area (Å²) in [5.41, 5.74) is 5.08. The number of carbonyl (C=O) groups excluding carboxylic acids is 2. The minimum atomic E-state index is -0.912. The molecular weight excluding hydrogens is 466 g/mol. The van der Waals surface area contributed by atoms with E-state index in [4.69, 9.17) is 14.2 Å². The maximum atomic E-state index is 12.8. The van der Waals surface area contributed by atoms with E-state index in [2.05, 4.69) is 36.2 Å². The van der Waals surface area contributed by atoms with Gasteiger partial charge in [0.15, 0.2) is 0 Å². The Morgan fingerprint density at radius 3 is 2.08 bits per heavy atom. The van der Waals surface area contributed by atoms with Gasteiger partial charge in [-0.25, -0.2) is 9.59 Å². The second-order valence-electron chi connectivity index (χ2n) is 10.0. The number of carbonyl (C=O) groups is 2. The van der Waals surface area contributed by atoms with Crippen molar-refractivity contribution in [2.75, 3.05) is 13.2 Å². The second kappa shape index (κ2) is 11.3. The number of esters is 1. The topological polar surface area (TPSA) is 73.9 Å². The van der Waals surface area contributed by atoms with Gasteiger partial charge >= 0.3 is 12.1 Å². The summed E-state index contributed by atoms with van der Waals surface area (Å²) in [7, 11) is 0. The minimum absolute atomic E-state index is 0.0556. The van der Waals surface area contributed by atoms with Gasteiger partial charge in [0.05, 0.1) is 0 Å². The zero-order chi connectivity index (χ0) is 26.4. The Labute approximate surface area is 218 Å². The quantitative estimate of drug-likeness (QED) is 0.287. The first kappa shape index (κ1) is 26.0. The zero-order valence-electron chi connectivity index (χ0n) is 21.5. The zero-order valence-corrected chi connectivity index (χ0v) is 21.5. The lowest BCUT2D eigenvalue weighted by atomic mass is 9.98. The van der Waals surface area contributed by atoms with Crippen molar-refractivity contribution in [2.45, 2.75) is 44.8 Å². The van der Waals surface area contributed by atoms with Crippen molar-refractivity contribution in [1.82, 2.24) is 5.32 Å². The molecule has 0 saturated heterocycles. The van der Waals surface area contributed by atoms with E-state index in [9.17, 15) is 9.59 Å². The Morgan fingerprint density at radius 1 is 0.919 bits per heavy atom. The second-order valence-corrected chi connectivity index (χ2v) is 10.0. The summed E-state index contributed by atoms with van der Waals surface area (Å²) < 4.78 is 16.7. The summed E-state index contributed by atoms with van der Waals surface area (Å²) in [6.45, 7) is 9.73. The summed E-state index contributed by atoms with van der Waals surface area (Å²) in [4.78, 5) is 25.6. The molecule has 0 spiro atoms. The molecule has 0 heterocycles. The molecule has 1 amide bonds. The number of hydrogen-bond donors (Lipinski definition) is 1. The van der Waals surface area contributed by atoms with E-state index in [0.29, 0.717) is 0 Å². The third-order valence-electron chi connectivity index (χ3n) is 6.05. The minimum Gasteiger partial charge on any atom is -0.488 e. The van der Waals surface area contributed by atoms with E-state index in [1.807, 2.05) is 69.3 Å². The molecule has 0 fully saturated rings. The van der Waals surface area contributed by atoms with Gasteiger partial charge in [-0.05, 0) is 60.7 Å². The number of nitrogens with one attached hydrogen (secondary N) is 1. The smallest absolute Gasteiger partial charge is 0.407 e. The van der Waals surface area contributed by atoms with Crippen LogP contribution >= 0.6 is 0 Å². The van der Waals surface area contributed by atoms with E-state index in [1.165, 1.54) is 6.08 Å². The number of ether oxygens (including phenoxy) is 3. The summed E-state index contributed by atoms with van der Waals surface area (Å²) in [5.74, 6) is 0.106. The third-order valence-corrected chi connectivity index (χ3v) is 6.05. The average molecular weight is 500 g/mol. The Kier molecular flexibility index (Phi) is 7.97. The largest absolute Gasteiger partial charge is 0.488 e. The number of rotatable bonds is 9. The average Bonchev–Trinajstić information content (AvgIpc) is 3.19. The highest BCUT2D eigenvalue weighted by atomic mass is 16.6. The van der Waals surface area contributed by atoms with Crippen molar-refractivity contribution in [3.63, 3.8) is 0 Å². The van der Waals surface area contributed by atoms with Crippen LogP contribution < -0.4 is 10.1 Å². The predicted octanol–water partition coefficient (Wildman–Crippen LogP) is 6.04. The Morgan fingerprint density at radius 2 is 1.51 bits per heavy atom. The maximum absolute atomic E-state index is 12.8. The molecular formula is C31H33NO5. The highest BCUT2D eigenvalue weighted by Gasteiger charge is 2.30. The Balaban J connectivity index is 1.43. The molecule has 1 aliphatic carbocycles. The number of benzene rings is 3. The molecule has 1 atom stereocenters. The first-order valence-electron chi connectivity index (χ1n) is 12.4. The van der Waals surface area contributed by atoms with Crippen molar-refractivity contribution in [3.05, 3.63) is 102 Å². The molecule has 0 bridgehead atoms. The molecule has 0 radical (unpaired) electrons. The van der Waals surface area contributed by atoms with Gasteiger partial charge in [0.2, 0.25) is 0 Å². The van der Waals surface area contributed by atoms with Crippen LogP contribution in [0.5, 0.6) is 5.75 Å². The number of fused-ring (bicyclic) bond motifs is 3. The summed E-state index contributed by atoms with van der Waals surface area (Å²) >= 11 is 0. The molecule has 0 saturated carbocycles. The van der Waals surface area contributed by atoms with Gasteiger partial charge < -0.3 is 19.5 Å². The summed E-state index contributed by atoms with van der Waals surface area (Å²) in [6, 6.07) is 22.8. The predicted molar refractivity (Wildman–Crippen MR) is 144 cm³/mol. The molecule has 1 aliphatic rings. The molecule has 6 nitrogen and oxygen atoms in total. The van der Waals surface area contributed by atoms with Gasteiger partial charge in [-0.1, -0.05) is 73.3 Å². The molecule has 6 heteroatoms. The van der Waals surface area contributed by atoms with E-state index < -0.39 is 18.1 Å². The maximum Gasteiger partial charge on any atom is 0.407 e. The van der Waals surface area contributed by atoms with Crippen molar-refractivity contribution in [2.24, 2.45) is 0 Å². The van der Waals surface area contributed by atoms with Crippen molar-refractivity contribution in [3.8, 4) is 16.9 Å². The van der Waals surface area contributed by atoms with Crippen molar-refractivity contribution in [1.29, 1.82) is 0 Å². The van der Waals surface area contributed by atoms with Crippen LogP contribution in [0.2, 0.25) is 0 Å². The Hall–Kier alpha value is -4.06. The number of hydrogen-bond acceptors (Lipinski definition) is 5. The van der Waals surface area contributed by atoms with Gasteiger partial charge in [0.25, 0.3) is 0 Å². The van der Waals surface area contributed by atoms with Crippen LogP contribution in [0.25, 0.3) is 11.1 Å². The van der Waals surface area contributed by atoms with E-state index in [0.717, 1.165) is 33.6 Å². The molecule has 3 aromatic carbocycles. The van der Waals surface area contributed by atoms with Gasteiger partial charge in [-0.3, -0.25) is 0 Å². The molecule has 0 unspecified atom stereocenters. The lowest BCUT2D eigenvalue weighted by Crippen LogP contribution is -2.44. The molecule has 0 aliphatic heterocycles. The number of amides is 1. The van der Waals surface area contributed by atoms with Crippen molar-refractivity contribution >= 4 is 12.1 Å². The van der Waals surface area contributed by atoms with Crippen LogP contribution in [0.1, 0.15) is 43.4 Å². The first-order valence-corrected chi connectivity index (χ1v) is 12.4. The summed E-state index contributed by atoms with van der Waals surface area (Å²) in [6.07, 6.45) is 1.06. The standard InChI is InChI=1S/C31H33NO5/c1-5-18-35-29(33)28(19-21-14-16-22(17-15-21)37-31(2,3)4)32-30(34)36-20-27-25-12-8-6-10-23(25)24-11-7-9-13-26(24)27/h5-17,27-28H,1,18-20H2,2-4H3,(H,32,34)/t28-/m0/s1. The fraction of sp³-hybridized carbons (Fsp3) is 0.290.